The van der Waals surface area contributed by atoms with Crippen LogP contribution in [0.2, 0.25) is 0 Å². The van der Waals surface area contributed by atoms with Gasteiger partial charge >= 0.3 is 0 Å². The van der Waals surface area contributed by atoms with E-state index in [0.29, 0.717) is 33.7 Å². The van der Waals surface area contributed by atoms with Gasteiger partial charge in [-0.1, -0.05) is 126 Å². The van der Waals surface area contributed by atoms with E-state index in [9.17, 15) is 19.5 Å². The molecule has 2 unspecified atom stereocenters. The fourth-order valence-electron chi connectivity index (χ4n) is 9.21. The molecular weight excluding hydrogens is 817 g/mol. The molecule has 0 aromatic heterocycles. The molecule has 4 aliphatic carbocycles. The standard InChI is InChI=1S/C58H54N4O4/c1-5-7-31-61(32-8-6-2)43-27-29-49(51(35-43)59-57(65)47-21-13-15-37(47)3)53-55(63)54(56(53)64)50-30-28-46(36-52(50)60-58(66)48-22-14-16-38(48)4)62(44-25-23-39-17-9-11-19-41(39)33-44)45-26-24-40-18-10-12-20-42(40)34-45/h9-30,33-38H,5-8,31-32H2,1-4H3,(H2,59,60,63,64,65,66)/p+1. The Morgan fingerprint density at radius 1 is 0.667 bits per heavy atom. The molecule has 0 bridgehead atoms. The van der Waals surface area contributed by atoms with Crippen LogP contribution in [0.25, 0.3) is 27.1 Å². The average Bonchev–Trinajstić information content (AvgIpc) is 3.98. The number of ketones is 1. The maximum absolute atomic E-state index is 14.7. The van der Waals surface area contributed by atoms with Crippen LogP contribution in [-0.2, 0) is 14.4 Å². The number of anilines is 2. The van der Waals surface area contributed by atoms with Gasteiger partial charge in [-0.2, -0.15) is 4.58 Å². The van der Waals surface area contributed by atoms with Gasteiger partial charge in [0.1, 0.15) is 5.76 Å². The number of unbranched alkanes of at least 4 members (excludes halogenated alkanes) is 2. The van der Waals surface area contributed by atoms with Crippen molar-refractivity contribution in [3.63, 3.8) is 0 Å². The second-order valence-electron chi connectivity index (χ2n) is 17.5. The molecule has 5 aromatic rings. The van der Waals surface area contributed by atoms with Crippen molar-refractivity contribution < 1.29 is 19.5 Å². The van der Waals surface area contributed by atoms with Crippen LogP contribution >= 0.6 is 0 Å². The zero-order chi connectivity index (χ0) is 45.9. The van der Waals surface area contributed by atoms with Crippen LogP contribution in [0.1, 0.15) is 58.9 Å². The molecule has 8 heteroatoms. The minimum absolute atomic E-state index is 0.0612. The molecule has 0 saturated carbocycles. The molecule has 9 rings (SSSR count). The molecule has 8 nitrogen and oxygen atoms in total. The topological polar surface area (TPSA) is 102 Å². The van der Waals surface area contributed by atoms with Crippen LogP contribution in [0.4, 0.5) is 22.7 Å². The molecule has 4 aliphatic rings. The van der Waals surface area contributed by atoms with Crippen LogP contribution in [0, 0.1) is 11.8 Å². The third-order valence-corrected chi connectivity index (χ3v) is 13.0. The van der Waals surface area contributed by atoms with Crippen molar-refractivity contribution in [3.05, 3.63) is 197 Å². The van der Waals surface area contributed by atoms with Crippen LogP contribution in [-0.4, -0.2) is 41.5 Å². The summed E-state index contributed by atoms with van der Waals surface area (Å²) in [5.74, 6) is -1.31. The van der Waals surface area contributed by atoms with E-state index in [-0.39, 0.29) is 46.3 Å². The number of allylic oxidation sites excluding steroid dienone is 11. The highest BCUT2D eigenvalue weighted by Gasteiger charge is 2.40. The summed E-state index contributed by atoms with van der Waals surface area (Å²) in [4.78, 5) is 45.0. The Morgan fingerprint density at radius 3 is 1.76 bits per heavy atom. The van der Waals surface area contributed by atoms with Crippen molar-refractivity contribution >= 4 is 73.2 Å². The molecule has 3 N–H and O–H groups in total. The first kappa shape index (κ1) is 43.7. The number of Topliss-reactive ketones (excluding diaryl/α,β-unsaturated/α-hetero) is 1. The zero-order valence-corrected chi connectivity index (χ0v) is 38.0. The molecular formula is C58H55N4O4+. The molecule has 0 fully saturated rings. The minimum Gasteiger partial charge on any atom is -0.506 e. The Bertz CT molecular complexity index is 3030. The smallest absolute Gasteiger partial charge is 0.252 e. The molecule has 0 radical (unpaired) electrons. The maximum Gasteiger partial charge on any atom is 0.252 e. The Kier molecular flexibility index (Phi) is 12.5. The fourth-order valence-corrected chi connectivity index (χ4v) is 9.21. The number of amides is 2. The van der Waals surface area contributed by atoms with E-state index in [1.165, 1.54) is 0 Å². The summed E-state index contributed by atoms with van der Waals surface area (Å²) >= 11 is 0. The zero-order valence-electron chi connectivity index (χ0n) is 38.0. The number of aliphatic hydroxyl groups excluding tert-OH is 1. The number of aliphatic hydroxyl groups is 1. The Labute approximate surface area is 386 Å². The van der Waals surface area contributed by atoms with Crippen molar-refractivity contribution in [2.45, 2.75) is 53.4 Å². The van der Waals surface area contributed by atoms with Gasteiger partial charge < -0.3 is 20.6 Å². The number of rotatable bonds is 14. The summed E-state index contributed by atoms with van der Waals surface area (Å²) in [5.41, 5.74) is 6.54. The van der Waals surface area contributed by atoms with Gasteiger partial charge in [-0.3, -0.25) is 14.4 Å². The number of carbonyl (C=O) groups is 3. The van der Waals surface area contributed by atoms with E-state index >= 15 is 0 Å². The number of nitrogens with zero attached hydrogens (tertiary/aromatic N) is 2. The highest BCUT2D eigenvalue weighted by atomic mass is 16.3. The molecule has 5 aromatic carbocycles. The molecule has 0 aliphatic heterocycles. The summed E-state index contributed by atoms with van der Waals surface area (Å²) in [6.45, 7) is 9.99. The molecule has 66 heavy (non-hydrogen) atoms. The van der Waals surface area contributed by atoms with Crippen LogP contribution < -0.4 is 20.1 Å². The summed E-state index contributed by atoms with van der Waals surface area (Å²) in [7, 11) is 0. The van der Waals surface area contributed by atoms with Crippen molar-refractivity contribution in [2.75, 3.05) is 23.3 Å². The summed E-state index contributed by atoms with van der Waals surface area (Å²) in [5, 5.41) is 22.8. The molecule has 0 spiro atoms. The largest absolute Gasteiger partial charge is 0.506 e. The Hall–Kier alpha value is -7.58. The van der Waals surface area contributed by atoms with Gasteiger partial charge in [-0.25, -0.2) is 0 Å². The SMILES string of the molecule is CCCCN(CCCC)c1ccc(C2=C(O)/C(=C3\C=CC(=[N+](c4ccc5ccccc5c4)c4ccc5ccccc5c4)C=C3NC(=O)C3=CC=CC3C)C2=O)c(NC(=O)C2=CC=CC2C)c1. The van der Waals surface area contributed by atoms with E-state index in [4.69, 9.17) is 0 Å². The third kappa shape index (κ3) is 8.54. The Balaban J connectivity index is 1.18. The molecule has 2 amide bonds. The first-order valence-electron chi connectivity index (χ1n) is 23.2. The number of benzene rings is 5. The van der Waals surface area contributed by atoms with Gasteiger partial charge in [0.2, 0.25) is 22.9 Å². The lowest BCUT2D eigenvalue weighted by Gasteiger charge is -2.29. The van der Waals surface area contributed by atoms with Gasteiger partial charge in [0.05, 0.1) is 22.5 Å². The lowest BCUT2D eigenvalue weighted by atomic mass is 9.78. The van der Waals surface area contributed by atoms with Crippen LogP contribution in [0.3, 0.4) is 0 Å². The Morgan fingerprint density at radius 2 is 1.23 bits per heavy atom. The number of hydrogen-bond donors (Lipinski definition) is 3. The normalized spacial score (nSPS) is 18.7. The molecule has 0 saturated heterocycles. The summed E-state index contributed by atoms with van der Waals surface area (Å²) in [6.07, 6.45) is 21.0. The van der Waals surface area contributed by atoms with E-state index in [1.54, 1.807) is 12.2 Å². The lowest BCUT2D eigenvalue weighted by molar-refractivity contribution is -0.117. The third-order valence-electron chi connectivity index (χ3n) is 13.0. The van der Waals surface area contributed by atoms with Gasteiger partial charge in [0.15, 0.2) is 0 Å². The second-order valence-corrected chi connectivity index (χ2v) is 17.5. The molecule has 2 atom stereocenters. The maximum atomic E-state index is 14.7. The monoisotopic (exact) mass is 871 g/mol. The molecule has 330 valence electrons. The van der Waals surface area contributed by atoms with E-state index < -0.39 is 0 Å². The predicted molar refractivity (Wildman–Crippen MR) is 271 cm³/mol. The fraction of sp³-hybridized carbons (Fsp3) is 0.207. The van der Waals surface area contributed by atoms with E-state index in [1.807, 2.05) is 98.8 Å². The lowest BCUT2D eigenvalue weighted by Crippen LogP contribution is -2.32. The number of hydrogen-bond acceptors (Lipinski definition) is 5. The minimum atomic E-state index is -0.390. The predicted octanol–water partition coefficient (Wildman–Crippen LogP) is 12.3. The van der Waals surface area contributed by atoms with Gasteiger partial charge in [-0.15, -0.1) is 0 Å². The second kappa shape index (κ2) is 18.9. The average molecular weight is 872 g/mol. The van der Waals surface area contributed by atoms with Crippen LogP contribution in [0.5, 0.6) is 0 Å². The van der Waals surface area contributed by atoms with Crippen LogP contribution in [0.15, 0.2) is 192 Å². The summed E-state index contributed by atoms with van der Waals surface area (Å²) in [6, 6.07) is 34.8. The van der Waals surface area contributed by atoms with E-state index in [0.717, 1.165) is 83.1 Å². The van der Waals surface area contributed by atoms with Gasteiger partial charge in [0.25, 0.3) is 11.8 Å². The number of nitrogens with one attached hydrogen (secondary N) is 2. The highest BCUT2D eigenvalue weighted by molar-refractivity contribution is 6.40. The molecule has 0 heterocycles. The number of fused-ring (bicyclic) bond motifs is 2. The van der Waals surface area contributed by atoms with Crippen molar-refractivity contribution in [1.29, 1.82) is 0 Å². The highest BCUT2D eigenvalue weighted by Crippen LogP contribution is 2.44. The quantitative estimate of drug-likeness (QED) is 0.0762. The van der Waals surface area contributed by atoms with Gasteiger partial charge in [0, 0.05) is 89.3 Å². The summed E-state index contributed by atoms with van der Waals surface area (Å²) < 4.78 is 2.14. The van der Waals surface area contributed by atoms with Gasteiger partial charge in [-0.05, 0) is 70.8 Å². The van der Waals surface area contributed by atoms with Crippen molar-refractivity contribution in [2.24, 2.45) is 11.8 Å². The first-order valence-corrected chi connectivity index (χ1v) is 23.2. The number of carbonyl (C=O) groups excluding carboxylic acids is 3. The van der Waals surface area contributed by atoms with Crippen molar-refractivity contribution in [1.82, 2.24) is 9.89 Å². The van der Waals surface area contributed by atoms with Crippen molar-refractivity contribution in [3.8, 4) is 0 Å². The first-order chi connectivity index (χ1) is 32.1. The van der Waals surface area contributed by atoms with E-state index in [2.05, 4.69) is 94.6 Å².